The Morgan fingerprint density at radius 1 is 1.33 bits per heavy atom. The Labute approximate surface area is 124 Å². The predicted molar refractivity (Wildman–Crippen MR) is 80.4 cm³/mol. The minimum atomic E-state index is -0.334. The molecule has 2 aromatic rings. The summed E-state index contributed by atoms with van der Waals surface area (Å²) in [6.07, 6.45) is 0. The third kappa shape index (κ3) is 3.70. The molecule has 21 heavy (non-hydrogen) atoms. The maximum Gasteiger partial charge on any atom is 0.225 e. The van der Waals surface area contributed by atoms with Crippen LogP contribution in [0.15, 0.2) is 34.7 Å². The topological polar surface area (TPSA) is 81.2 Å². The average molecular weight is 287 g/mol. The number of nitrogens with zero attached hydrogens (tertiary/aromatic N) is 1. The van der Waals surface area contributed by atoms with E-state index in [1.54, 1.807) is 0 Å². The van der Waals surface area contributed by atoms with Crippen LogP contribution in [-0.4, -0.2) is 10.9 Å². The molecule has 0 fully saturated rings. The second-order valence-electron chi connectivity index (χ2n) is 5.19. The fraction of sp³-hybridized carbons (Fsp3) is 0.375. The Balaban J connectivity index is 1.93. The number of hydrogen-bond acceptors (Lipinski definition) is 4. The lowest BCUT2D eigenvalue weighted by molar-refractivity contribution is -0.125. The first kappa shape index (κ1) is 15.3. The maximum absolute atomic E-state index is 12.2. The Kier molecular flexibility index (Phi) is 4.75. The first-order valence-corrected chi connectivity index (χ1v) is 7.00. The second kappa shape index (κ2) is 6.54. The molecule has 3 N–H and O–H groups in total. The molecule has 0 saturated heterocycles. The van der Waals surface area contributed by atoms with Crippen molar-refractivity contribution in [1.82, 2.24) is 10.3 Å². The van der Waals surface area contributed by atoms with Crippen LogP contribution in [0.25, 0.3) is 0 Å². The van der Waals surface area contributed by atoms with Crippen molar-refractivity contribution < 1.29 is 9.21 Å². The zero-order valence-corrected chi connectivity index (χ0v) is 12.6. The number of rotatable bonds is 5. The molecule has 1 aromatic carbocycles. The van der Waals surface area contributed by atoms with Gasteiger partial charge in [-0.1, -0.05) is 37.3 Å². The van der Waals surface area contributed by atoms with E-state index >= 15 is 0 Å². The molecule has 0 spiro atoms. The molecule has 0 bridgehead atoms. The number of nitrogens with two attached hydrogens (primary N) is 1. The van der Waals surface area contributed by atoms with E-state index in [4.69, 9.17) is 10.2 Å². The van der Waals surface area contributed by atoms with Crippen molar-refractivity contribution in [2.75, 3.05) is 0 Å². The molecule has 112 valence electrons. The fourth-order valence-electron chi connectivity index (χ4n) is 2.07. The maximum atomic E-state index is 12.2. The Morgan fingerprint density at radius 3 is 2.57 bits per heavy atom. The van der Waals surface area contributed by atoms with Crippen LogP contribution < -0.4 is 11.1 Å². The van der Waals surface area contributed by atoms with Crippen molar-refractivity contribution in [1.29, 1.82) is 0 Å². The first-order valence-electron chi connectivity index (χ1n) is 7.00. The van der Waals surface area contributed by atoms with Crippen LogP contribution in [0.5, 0.6) is 0 Å². The van der Waals surface area contributed by atoms with Gasteiger partial charge in [0, 0.05) is 6.04 Å². The van der Waals surface area contributed by atoms with E-state index < -0.39 is 0 Å². The number of hydrogen-bond donors (Lipinski definition) is 2. The van der Waals surface area contributed by atoms with E-state index in [0.717, 1.165) is 17.0 Å². The number of nitrogens with one attached hydrogen (secondary N) is 1. The van der Waals surface area contributed by atoms with E-state index in [1.807, 2.05) is 51.1 Å². The van der Waals surface area contributed by atoms with Crippen LogP contribution in [0, 0.1) is 19.8 Å². The minimum Gasteiger partial charge on any atom is -0.444 e. The Morgan fingerprint density at radius 2 is 2.00 bits per heavy atom. The molecule has 5 heteroatoms. The third-order valence-electron chi connectivity index (χ3n) is 3.62. The fourth-order valence-corrected chi connectivity index (χ4v) is 2.07. The van der Waals surface area contributed by atoms with Gasteiger partial charge < -0.3 is 15.5 Å². The van der Waals surface area contributed by atoms with Gasteiger partial charge in [0.05, 0.1) is 18.2 Å². The highest BCUT2D eigenvalue weighted by Crippen LogP contribution is 2.19. The summed E-state index contributed by atoms with van der Waals surface area (Å²) in [6.45, 7) is 5.82. The lowest BCUT2D eigenvalue weighted by Gasteiger charge is -2.19. The monoisotopic (exact) mass is 287 g/mol. The van der Waals surface area contributed by atoms with Gasteiger partial charge in [-0.2, -0.15) is 0 Å². The van der Waals surface area contributed by atoms with Crippen molar-refractivity contribution in [3.05, 3.63) is 53.2 Å². The number of aryl methyl sites for hydroxylation is 2. The average Bonchev–Trinajstić information content (AvgIpc) is 2.82. The number of carbonyl (C=O) groups excluding carboxylic acids is 1. The quantitative estimate of drug-likeness (QED) is 0.883. The highest BCUT2D eigenvalue weighted by Gasteiger charge is 2.22. The lowest BCUT2D eigenvalue weighted by atomic mass is 9.95. The van der Waals surface area contributed by atoms with Crippen molar-refractivity contribution in [3.63, 3.8) is 0 Å². The SMILES string of the molecule is Cc1nc(CNC(=O)C(C)C(N)c2ccccc2)oc1C. The summed E-state index contributed by atoms with van der Waals surface area (Å²) in [5.74, 6) is 0.844. The summed E-state index contributed by atoms with van der Waals surface area (Å²) < 4.78 is 5.43. The largest absolute Gasteiger partial charge is 0.444 e. The number of aromatic nitrogens is 1. The first-order chi connectivity index (χ1) is 9.99. The van der Waals surface area contributed by atoms with Crippen LogP contribution in [0.3, 0.4) is 0 Å². The van der Waals surface area contributed by atoms with Gasteiger partial charge in [-0.25, -0.2) is 4.98 Å². The molecule has 0 aliphatic carbocycles. The van der Waals surface area contributed by atoms with Crippen LogP contribution in [0.2, 0.25) is 0 Å². The highest BCUT2D eigenvalue weighted by atomic mass is 16.4. The van der Waals surface area contributed by atoms with Crippen molar-refractivity contribution in [2.45, 2.75) is 33.4 Å². The number of benzene rings is 1. The van der Waals surface area contributed by atoms with Crippen LogP contribution in [0.1, 0.15) is 35.9 Å². The number of amides is 1. The van der Waals surface area contributed by atoms with Gasteiger partial charge >= 0.3 is 0 Å². The van der Waals surface area contributed by atoms with Crippen molar-refractivity contribution in [2.24, 2.45) is 11.7 Å². The normalized spacial score (nSPS) is 13.7. The Bertz CT molecular complexity index is 588. The predicted octanol–water partition coefficient (Wildman–Crippen LogP) is 2.24. The lowest BCUT2D eigenvalue weighted by Crippen LogP contribution is -2.35. The summed E-state index contributed by atoms with van der Waals surface area (Å²) in [6, 6.07) is 9.27. The molecule has 1 heterocycles. The molecular weight excluding hydrogens is 266 g/mol. The standard InChI is InChI=1S/C16H21N3O2/c1-10(15(17)13-7-5-4-6-8-13)16(20)18-9-14-19-11(2)12(3)21-14/h4-8,10,15H,9,17H2,1-3H3,(H,18,20). The molecule has 1 amide bonds. The summed E-state index contributed by atoms with van der Waals surface area (Å²) >= 11 is 0. The van der Waals surface area contributed by atoms with Gasteiger partial charge in [0.25, 0.3) is 0 Å². The molecular formula is C16H21N3O2. The van der Waals surface area contributed by atoms with Crippen LogP contribution >= 0.6 is 0 Å². The zero-order chi connectivity index (χ0) is 15.4. The Hall–Kier alpha value is -2.14. The highest BCUT2D eigenvalue weighted by molar-refractivity contribution is 5.79. The molecule has 2 rings (SSSR count). The molecule has 5 nitrogen and oxygen atoms in total. The van der Waals surface area contributed by atoms with E-state index in [0.29, 0.717) is 5.89 Å². The zero-order valence-electron chi connectivity index (χ0n) is 12.6. The third-order valence-corrected chi connectivity index (χ3v) is 3.62. The van der Waals surface area contributed by atoms with E-state index in [2.05, 4.69) is 10.3 Å². The van der Waals surface area contributed by atoms with Crippen LogP contribution in [-0.2, 0) is 11.3 Å². The van der Waals surface area contributed by atoms with Gasteiger partial charge in [0.2, 0.25) is 11.8 Å². The molecule has 2 atom stereocenters. The van der Waals surface area contributed by atoms with Crippen LogP contribution in [0.4, 0.5) is 0 Å². The molecule has 0 aliphatic heterocycles. The van der Waals surface area contributed by atoms with Gasteiger partial charge in [-0.15, -0.1) is 0 Å². The summed E-state index contributed by atoms with van der Waals surface area (Å²) in [5, 5.41) is 2.81. The van der Waals surface area contributed by atoms with Gasteiger partial charge in [-0.05, 0) is 19.4 Å². The smallest absolute Gasteiger partial charge is 0.225 e. The van der Waals surface area contributed by atoms with Gasteiger partial charge in [0.1, 0.15) is 5.76 Å². The molecule has 2 unspecified atom stereocenters. The minimum absolute atomic E-state index is 0.111. The van der Waals surface area contributed by atoms with E-state index in [-0.39, 0.29) is 24.4 Å². The molecule has 0 saturated carbocycles. The van der Waals surface area contributed by atoms with E-state index in [9.17, 15) is 4.79 Å². The molecule has 0 radical (unpaired) electrons. The number of carbonyl (C=O) groups is 1. The van der Waals surface area contributed by atoms with Gasteiger partial charge in [-0.3, -0.25) is 4.79 Å². The number of oxazole rings is 1. The molecule has 1 aromatic heterocycles. The summed E-state index contributed by atoms with van der Waals surface area (Å²) in [4.78, 5) is 16.4. The van der Waals surface area contributed by atoms with Crippen molar-refractivity contribution in [3.8, 4) is 0 Å². The summed E-state index contributed by atoms with van der Waals surface area (Å²) in [5.41, 5.74) is 7.92. The molecule has 0 aliphatic rings. The second-order valence-corrected chi connectivity index (χ2v) is 5.19. The van der Waals surface area contributed by atoms with E-state index in [1.165, 1.54) is 0 Å². The van der Waals surface area contributed by atoms with Gasteiger partial charge in [0.15, 0.2) is 0 Å². The summed E-state index contributed by atoms with van der Waals surface area (Å²) in [7, 11) is 0. The van der Waals surface area contributed by atoms with Crippen molar-refractivity contribution >= 4 is 5.91 Å².